The van der Waals surface area contributed by atoms with Crippen LogP contribution in [0.15, 0.2) is 18.2 Å². The summed E-state index contributed by atoms with van der Waals surface area (Å²) in [5.41, 5.74) is 7.94. The number of nitrogens with zero attached hydrogens (tertiary/aromatic N) is 1. The number of phenols is 2. The van der Waals surface area contributed by atoms with Crippen molar-refractivity contribution in [1.82, 2.24) is 4.90 Å². The number of ether oxygens (including phenoxy) is 8. The molecule has 3 aliphatic carbocycles. The highest BCUT2D eigenvalue weighted by molar-refractivity contribution is 6.31. The summed E-state index contributed by atoms with van der Waals surface area (Å²) in [5, 5.41) is 45.8. The number of aliphatic carboxylic acids is 1. The molecule has 3 aliphatic heterocycles. The highest BCUT2D eigenvalue weighted by atomic mass is 16.7. The van der Waals surface area contributed by atoms with E-state index in [4.69, 9.17) is 54.5 Å². The van der Waals surface area contributed by atoms with Crippen LogP contribution in [-0.2, 0) is 54.0 Å². The minimum absolute atomic E-state index is 0.0699. The molecule has 10 atom stereocenters. The molecule has 8 N–H and O–H groups in total. The number of phenolic OH excluding ortho intramolecular Hbond substituents is 2. The van der Waals surface area contributed by atoms with Crippen LogP contribution in [0.5, 0.6) is 17.2 Å². The van der Waals surface area contributed by atoms with Crippen molar-refractivity contribution in [2.75, 3.05) is 40.6 Å². The predicted molar refractivity (Wildman–Crippen MR) is 227 cm³/mol. The van der Waals surface area contributed by atoms with Gasteiger partial charge >= 0.3 is 5.97 Å². The van der Waals surface area contributed by atoms with E-state index >= 15 is 0 Å². The first-order valence-electron chi connectivity index (χ1n) is 22.5. The Kier molecular flexibility index (Phi) is 14.0. The lowest BCUT2D eigenvalue weighted by Gasteiger charge is -2.43. The Labute approximate surface area is 380 Å². The molecule has 1 unspecified atom stereocenters. The van der Waals surface area contributed by atoms with Gasteiger partial charge in [0.1, 0.15) is 48.2 Å². The number of hydrogen-bond donors (Lipinski definition) is 6. The van der Waals surface area contributed by atoms with Crippen molar-refractivity contribution >= 4 is 29.1 Å². The molecule has 0 aromatic heterocycles. The van der Waals surface area contributed by atoms with E-state index in [9.17, 15) is 39.3 Å². The molecule has 6 aliphatic rings. The van der Waals surface area contributed by atoms with Gasteiger partial charge in [-0.1, -0.05) is 18.6 Å². The highest BCUT2D eigenvalue weighted by Gasteiger charge is 2.55. The van der Waals surface area contributed by atoms with Gasteiger partial charge in [0.15, 0.2) is 41.9 Å². The van der Waals surface area contributed by atoms with E-state index in [0.717, 1.165) is 6.42 Å². The maximum atomic E-state index is 14.5. The van der Waals surface area contributed by atoms with E-state index < -0.39 is 138 Å². The molecule has 1 saturated carbocycles. The summed E-state index contributed by atoms with van der Waals surface area (Å²) in [6.07, 6.45) is -1.95. The lowest BCUT2D eigenvalue weighted by atomic mass is 9.72. The number of methoxy groups -OCH3 is 2. The zero-order valence-corrected chi connectivity index (χ0v) is 37.2. The van der Waals surface area contributed by atoms with Crippen LogP contribution >= 0.6 is 0 Å². The topological polar surface area (TPSA) is 295 Å². The number of ketones is 4. The van der Waals surface area contributed by atoms with Crippen molar-refractivity contribution in [3.8, 4) is 17.2 Å². The number of aliphatic hydroxyl groups is 1. The average Bonchev–Trinajstić information content (AvgIpc) is 3.69. The summed E-state index contributed by atoms with van der Waals surface area (Å²) in [6, 6.07) is 2.14. The Hall–Kier alpha value is -4.45. The van der Waals surface area contributed by atoms with Gasteiger partial charge in [-0.05, 0) is 45.1 Å². The van der Waals surface area contributed by atoms with E-state index in [1.165, 1.54) is 32.4 Å². The molecular weight excluding hydrogens is 867 g/mol. The third-order valence-corrected chi connectivity index (χ3v) is 14.0. The fourth-order valence-corrected chi connectivity index (χ4v) is 10.4. The molecule has 0 bridgehead atoms. The average molecular weight is 926 g/mol. The summed E-state index contributed by atoms with van der Waals surface area (Å²) in [5.74, 6) is -6.68. The molecule has 4 fully saturated rings. The lowest BCUT2D eigenvalue weighted by molar-refractivity contribution is -0.258. The molecule has 0 radical (unpaired) electrons. The molecule has 8 rings (SSSR count). The van der Waals surface area contributed by atoms with E-state index in [1.54, 1.807) is 0 Å². The van der Waals surface area contributed by atoms with Crippen molar-refractivity contribution in [2.45, 2.75) is 144 Å². The van der Waals surface area contributed by atoms with Gasteiger partial charge in [-0.3, -0.25) is 28.9 Å². The second kappa shape index (κ2) is 19.3. The molecule has 66 heavy (non-hydrogen) atoms. The molecule has 20 heteroatoms. The number of aromatic hydroxyl groups is 2. The van der Waals surface area contributed by atoms with Crippen LogP contribution in [0.2, 0.25) is 0 Å². The quantitative estimate of drug-likeness (QED) is 0.0832. The smallest absolute Gasteiger partial charge is 0.320 e. The number of benzene rings is 2. The maximum absolute atomic E-state index is 14.5. The molecule has 2 aromatic rings. The Balaban J connectivity index is 1.07. The SMILES string of the molecule is COc1cccc2c1C(=O)c1c(O)c3c(c(O)c1C2=O)C[C@@](O)(C(=O)COC1(OCC(=O)C(N)CCC[C@H](N)C(=O)O)CCCCC1)C[C@@H]3O[C@H]1C[C@H]2[C@H](O[C@@H]3[C@@H](OC)OCCN32)[C@H](C)O1. The Morgan fingerprint density at radius 1 is 0.939 bits per heavy atom. The summed E-state index contributed by atoms with van der Waals surface area (Å²) in [4.78, 5) is 69.2. The predicted octanol–water partition coefficient (Wildman–Crippen LogP) is 1.89. The zero-order chi connectivity index (χ0) is 47.2. The van der Waals surface area contributed by atoms with Crippen molar-refractivity contribution in [2.24, 2.45) is 11.5 Å². The maximum Gasteiger partial charge on any atom is 0.320 e. The minimum atomic E-state index is -2.34. The van der Waals surface area contributed by atoms with Crippen LogP contribution in [0.4, 0.5) is 0 Å². The summed E-state index contributed by atoms with van der Waals surface area (Å²) in [7, 11) is 2.86. The molecule has 3 saturated heterocycles. The van der Waals surface area contributed by atoms with E-state index in [2.05, 4.69) is 4.90 Å². The van der Waals surface area contributed by atoms with Crippen LogP contribution in [0.3, 0.4) is 0 Å². The van der Waals surface area contributed by atoms with E-state index in [1.807, 2.05) is 6.92 Å². The van der Waals surface area contributed by atoms with Crippen LogP contribution in [0.1, 0.15) is 120 Å². The first kappa shape index (κ1) is 48.0. The summed E-state index contributed by atoms with van der Waals surface area (Å²) < 4.78 is 48.4. The Morgan fingerprint density at radius 3 is 2.36 bits per heavy atom. The second-order valence-corrected chi connectivity index (χ2v) is 18.1. The van der Waals surface area contributed by atoms with Gasteiger partial charge in [0.2, 0.25) is 5.78 Å². The third-order valence-electron chi connectivity index (χ3n) is 14.0. The van der Waals surface area contributed by atoms with Gasteiger partial charge in [0.25, 0.3) is 0 Å². The van der Waals surface area contributed by atoms with Crippen LogP contribution in [0, 0.1) is 0 Å². The molecule has 20 nitrogen and oxygen atoms in total. The number of carbonyl (C=O) groups excluding carboxylic acids is 4. The fourth-order valence-electron chi connectivity index (χ4n) is 10.4. The van der Waals surface area contributed by atoms with Crippen LogP contribution in [-0.4, -0.2) is 156 Å². The summed E-state index contributed by atoms with van der Waals surface area (Å²) in [6.45, 7) is 1.58. The lowest BCUT2D eigenvalue weighted by Crippen LogP contribution is -2.55. The van der Waals surface area contributed by atoms with Gasteiger partial charge in [-0.15, -0.1) is 0 Å². The van der Waals surface area contributed by atoms with Crippen molar-refractivity contribution < 1.29 is 82.3 Å². The highest BCUT2D eigenvalue weighted by Crippen LogP contribution is 2.53. The van der Waals surface area contributed by atoms with Gasteiger partial charge in [-0.2, -0.15) is 0 Å². The van der Waals surface area contributed by atoms with Gasteiger partial charge in [0.05, 0.1) is 48.7 Å². The first-order valence-corrected chi connectivity index (χ1v) is 22.5. The summed E-state index contributed by atoms with van der Waals surface area (Å²) >= 11 is 0. The van der Waals surface area contributed by atoms with Crippen molar-refractivity contribution in [1.29, 1.82) is 0 Å². The molecule has 360 valence electrons. The number of carboxylic acids is 1. The Morgan fingerprint density at radius 2 is 1.65 bits per heavy atom. The van der Waals surface area contributed by atoms with Crippen LogP contribution in [0.25, 0.3) is 0 Å². The number of morpholine rings is 1. The van der Waals surface area contributed by atoms with E-state index in [-0.39, 0.29) is 53.3 Å². The van der Waals surface area contributed by atoms with Crippen LogP contribution < -0.4 is 16.2 Å². The number of hydrogen-bond acceptors (Lipinski definition) is 19. The van der Waals surface area contributed by atoms with Gasteiger partial charge in [0, 0.05) is 68.5 Å². The molecule has 0 amide bonds. The number of Topliss-reactive ketones (excluding diaryl/α,β-unsaturated/α-hetero) is 2. The third kappa shape index (κ3) is 8.89. The van der Waals surface area contributed by atoms with E-state index in [0.29, 0.717) is 45.3 Å². The Bertz CT molecular complexity index is 2230. The minimum Gasteiger partial charge on any atom is -0.507 e. The number of fused-ring (bicyclic) bond motifs is 6. The standard InChI is InChI=1S/C46H59N3O17/c1-22-41-27(49-15-16-61-44(60-3)42(49)66-41)17-32(64-22)65-30-19-45(58,18-24-34(30)40(55)36-35(38(24)53)37(52)23-9-7-12-29(59-2)33(23)39(36)54)31(51)21-63-46(13-5-4-6-14-46)62-20-28(50)25(47)10-8-11-26(48)43(56)57/h7,9,12,22,25-27,30,32,41-42,44,53,55,58H,4-6,8,10-11,13-21,47-48H2,1-3H3,(H,56,57)/t22-,25?,26-,27-,30-,32-,41+,42+,44-,45-/m0/s1. The first-order chi connectivity index (χ1) is 31.5. The normalized spacial score (nSPS) is 30.0. The van der Waals surface area contributed by atoms with Crippen molar-refractivity contribution in [3.05, 3.63) is 51.6 Å². The number of carboxylic acid groups (broad SMARTS) is 1. The fraction of sp³-hybridized carbons (Fsp3) is 0.630. The molecule has 0 spiro atoms. The molecule has 2 aromatic carbocycles. The monoisotopic (exact) mass is 925 g/mol. The van der Waals surface area contributed by atoms with Gasteiger partial charge in [-0.25, -0.2) is 0 Å². The van der Waals surface area contributed by atoms with Gasteiger partial charge < -0.3 is 69.8 Å². The number of nitrogens with two attached hydrogens (primary N) is 2. The number of carbonyl (C=O) groups is 5. The molecule has 3 heterocycles. The zero-order valence-electron chi connectivity index (χ0n) is 37.2. The number of rotatable bonds is 17. The van der Waals surface area contributed by atoms with Crippen molar-refractivity contribution in [3.63, 3.8) is 0 Å². The second-order valence-electron chi connectivity index (χ2n) is 18.1. The largest absolute Gasteiger partial charge is 0.507 e. The molecular formula is C46H59N3O17.